The number of likely N-dealkylation sites (N-methyl/N-ethyl adjacent to an activating group) is 1. The molecule has 22 heavy (non-hydrogen) atoms. The standard InChI is InChI=1S/C17H23N3O2/c1-12(2)18-16(22)20-10-8-17(9-11-20)13-6-4-5-7-14(13)19(3)15(17)21/h4-7,12H,8-11H2,1-3H3,(H,18,22). The molecule has 5 nitrogen and oxygen atoms in total. The number of nitrogens with zero attached hydrogens (tertiary/aromatic N) is 2. The van der Waals surface area contributed by atoms with Gasteiger partial charge < -0.3 is 15.1 Å². The van der Waals surface area contributed by atoms with Gasteiger partial charge >= 0.3 is 6.03 Å². The lowest BCUT2D eigenvalue weighted by molar-refractivity contribution is -0.124. The lowest BCUT2D eigenvalue weighted by Gasteiger charge is -2.38. The van der Waals surface area contributed by atoms with Gasteiger partial charge in [0.15, 0.2) is 0 Å². The van der Waals surface area contributed by atoms with Gasteiger partial charge in [0.25, 0.3) is 0 Å². The van der Waals surface area contributed by atoms with Crippen LogP contribution in [0.4, 0.5) is 10.5 Å². The zero-order valence-electron chi connectivity index (χ0n) is 13.4. The van der Waals surface area contributed by atoms with Gasteiger partial charge in [0.2, 0.25) is 5.91 Å². The molecule has 2 aliphatic heterocycles. The van der Waals surface area contributed by atoms with Crippen LogP contribution in [0.3, 0.4) is 0 Å². The summed E-state index contributed by atoms with van der Waals surface area (Å²) in [6, 6.07) is 8.11. The first kappa shape index (κ1) is 14.9. The largest absolute Gasteiger partial charge is 0.336 e. The van der Waals surface area contributed by atoms with Crippen LogP contribution < -0.4 is 10.2 Å². The van der Waals surface area contributed by atoms with Crippen LogP contribution in [-0.4, -0.2) is 43.0 Å². The van der Waals surface area contributed by atoms with E-state index in [4.69, 9.17) is 0 Å². The van der Waals surface area contributed by atoms with E-state index in [1.54, 1.807) is 4.90 Å². The van der Waals surface area contributed by atoms with E-state index in [-0.39, 0.29) is 18.0 Å². The summed E-state index contributed by atoms with van der Waals surface area (Å²) in [6.45, 7) is 5.14. The van der Waals surface area contributed by atoms with Crippen LogP contribution in [-0.2, 0) is 10.2 Å². The summed E-state index contributed by atoms with van der Waals surface area (Å²) in [4.78, 5) is 28.5. The number of para-hydroxylation sites is 1. The van der Waals surface area contributed by atoms with Crippen LogP contribution in [0.1, 0.15) is 32.3 Å². The van der Waals surface area contributed by atoms with Crippen LogP contribution >= 0.6 is 0 Å². The maximum absolute atomic E-state index is 12.8. The number of carbonyl (C=O) groups excluding carboxylic acids is 2. The minimum atomic E-state index is -0.444. The number of likely N-dealkylation sites (tertiary alicyclic amines) is 1. The molecule has 1 spiro atoms. The fraction of sp³-hybridized carbons (Fsp3) is 0.529. The molecule has 1 N–H and O–H groups in total. The molecular weight excluding hydrogens is 278 g/mol. The lowest BCUT2D eigenvalue weighted by atomic mass is 9.73. The summed E-state index contributed by atoms with van der Waals surface area (Å²) >= 11 is 0. The molecule has 0 aliphatic carbocycles. The molecule has 0 aromatic heterocycles. The Morgan fingerprint density at radius 2 is 1.86 bits per heavy atom. The van der Waals surface area contributed by atoms with Crippen molar-refractivity contribution in [3.05, 3.63) is 29.8 Å². The molecule has 1 saturated heterocycles. The van der Waals surface area contributed by atoms with Gasteiger partial charge in [-0.2, -0.15) is 0 Å². The van der Waals surface area contributed by atoms with E-state index in [2.05, 4.69) is 11.4 Å². The Morgan fingerprint density at radius 3 is 2.50 bits per heavy atom. The first-order valence-electron chi connectivity index (χ1n) is 7.89. The average Bonchev–Trinajstić information content (AvgIpc) is 2.71. The second kappa shape index (κ2) is 5.30. The predicted molar refractivity (Wildman–Crippen MR) is 86.0 cm³/mol. The number of urea groups is 1. The molecule has 2 aliphatic rings. The first-order chi connectivity index (χ1) is 10.5. The second-order valence-electron chi connectivity index (χ2n) is 6.55. The normalized spacial score (nSPS) is 19.7. The Kier molecular flexibility index (Phi) is 3.59. The molecule has 0 unspecified atom stereocenters. The van der Waals surface area contributed by atoms with Gasteiger partial charge in [-0.05, 0) is 38.3 Å². The predicted octanol–water partition coefficient (Wildman–Crippen LogP) is 2.11. The summed E-state index contributed by atoms with van der Waals surface area (Å²) in [6.07, 6.45) is 1.39. The second-order valence-corrected chi connectivity index (χ2v) is 6.55. The van der Waals surface area contributed by atoms with Crippen LogP contribution in [0.25, 0.3) is 0 Å². The van der Waals surface area contributed by atoms with Gasteiger partial charge in [-0.15, -0.1) is 0 Å². The molecule has 0 radical (unpaired) electrons. The van der Waals surface area contributed by atoms with E-state index in [9.17, 15) is 9.59 Å². The number of hydrogen-bond donors (Lipinski definition) is 1. The van der Waals surface area contributed by atoms with Gasteiger partial charge in [-0.1, -0.05) is 18.2 Å². The van der Waals surface area contributed by atoms with Crippen LogP contribution in [0.5, 0.6) is 0 Å². The smallest absolute Gasteiger partial charge is 0.317 e. The van der Waals surface area contributed by atoms with E-state index < -0.39 is 5.41 Å². The molecule has 2 heterocycles. The first-order valence-corrected chi connectivity index (χ1v) is 7.89. The molecule has 3 rings (SSSR count). The summed E-state index contributed by atoms with van der Waals surface area (Å²) in [5.74, 6) is 0.164. The maximum atomic E-state index is 12.8. The number of piperidine rings is 1. The van der Waals surface area contributed by atoms with Crippen molar-refractivity contribution in [2.75, 3.05) is 25.0 Å². The Bertz CT molecular complexity index is 604. The van der Waals surface area contributed by atoms with Crippen LogP contribution in [0, 0.1) is 0 Å². The number of benzene rings is 1. The van der Waals surface area contributed by atoms with E-state index >= 15 is 0 Å². The highest BCUT2D eigenvalue weighted by atomic mass is 16.2. The quantitative estimate of drug-likeness (QED) is 0.864. The highest BCUT2D eigenvalue weighted by Crippen LogP contribution is 2.47. The van der Waals surface area contributed by atoms with Crippen molar-refractivity contribution in [1.82, 2.24) is 10.2 Å². The van der Waals surface area contributed by atoms with Gasteiger partial charge in [0, 0.05) is 31.9 Å². The van der Waals surface area contributed by atoms with E-state index in [0.29, 0.717) is 25.9 Å². The summed E-state index contributed by atoms with van der Waals surface area (Å²) in [5.41, 5.74) is 1.68. The van der Waals surface area contributed by atoms with Crippen molar-refractivity contribution in [3.63, 3.8) is 0 Å². The zero-order chi connectivity index (χ0) is 15.9. The number of hydrogen-bond acceptors (Lipinski definition) is 2. The minimum absolute atomic E-state index is 0.0306. The topological polar surface area (TPSA) is 52.7 Å². The number of anilines is 1. The fourth-order valence-corrected chi connectivity index (χ4v) is 3.63. The third-order valence-electron chi connectivity index (χ3n) is 4.81. The molecule has 0 saturated carbocycles. The SMILES string of the molecule is CC(C)NC(=O)N1CCC2(CC1)C(=O)N(C)c1ccccc12. The Labute approximate surface area is 131 Å². The monoisotopic (exact) mass is 301 g/mol. The Hall–Kier alpha value is -2.04. The number of carbonyl (C=O) groups is 2. The van der Waals surface area contributed by atoms with Gasteiger partial charge in [0.1, 0.15) is 0 Å². The highest BCUT2D eigenvalue weighted by Gasteiger charge is 2.51. The fourth-order valence-electron chi connectivity index (χ4n) is 3.63. The molecule has 1 aromatic rings. The summed E-state index contributed by atoms with van der Waals surface area (Å²) < 4.78 is 0. The van der Waals surface area contributed by atoms with Gasteiger partial charge in [0.05, 0.1) is 5.41 Å². The molecule has 3 amide bonds. The molecule has 1 aromatic carbocycles. The van der Waals surface area contributed by atoms with Crippen LogP contribution in [0.2, 0.25) is 0 Å². The average molecular weight is 301 g/mol. The maximum Gasteiger partial charge on any atom is 0.317 e. The molecule has 0 atom stereocenters. The number of amides is 3. The summed E-state index contributed by atoms with van der Waals surface area (Å²) in [5, 5.41) is 2.92. The van der Waals surface area contributed by atoms with Crippen molar-refractivity contribution < 1.29 is 9.59 Å². The van der Waals surface area contributed by atoms with Crippen molar-refractivity contribution in [3.8, 4) is 0 Å². The Balaban J connectivity index is 1.81. The van der Waals surface area contributed by atoms with Gasteiger partial charge in [-0.3, -0.25) is 4.79 Å². The lowest BCUT2D eigenvalue weighted by Crippen LogP contribution is -2.52. The zero-order valence-corrected chi connectivity index (χ0v) is 13.4. The third-order valence-corrected chi connectivity index (χ3v) is 4.81. The van der Waals surface area contributed by atoms with Crippen LogP contribution in [0.15, 0.2) is 24.3 Å². The molecular formula is C17H23N3O2. The third kappa shape index (κ3) is 2.16. The van der Waals surface area contributed by atoms with Gasteiger partial charge in [-0.25, -0.2) is 4.79 Å². The van der Waals surface area contributed by atoms with Crippen molar-refractivity contribution in [2.24, 2.45) is 0 Å². The van der Waals surface area contributed by atoms with Crippen molar-refractivity contribution in [2.45, 2.75) is 38.1 Å². The summed E-state index contributed by atoms with van der Waals surface area (Å²) in [7, 11) is 1.84. The molecule has 1 fully saturated rings. The van der Waals surface area contributed by atoms with Crippen molar-refractivity contribution >= 4 is 17.6 Å². The van der Waals surface area contributed by atoms with E-state index in [0.717, 1.165) is 11.3 Å². The Morgan fingerprint density at radius 1 is 1.23 bits per heavy atom. The van der Waals surface area contributed by atoms with E-state index in [1.807, 2.05) is 44.0 Å². The highest BCUT2D eigenvalue weighted by molar-refractivity contribution is 6.07. The molecule has 0 bridgehead atoms. The minimum Gasteiger partial charge on any atom is -0.336 e. The van der Waals surface area contributed by atoms with Crippen molar-refractivity contribution in [1.29, 1.82) is 0 Å². The van der Waals surface area contributed by atoms with E-state index in [1.165, 1.54) is 0 Å². The number of rotatable bonds is 1. The number of fused-ring (bicyclic) bond motifs is 2. The molecule has 118 valence electrons. The molecule has 5 heteroatoms. The number of nitrogens with one attached hydrogen (secondary N) is 1.